The number of rotatable bonds is 33. The highest BCUT2D eigenvalue weighted by Gasteiger charge is 2.69. The molecule has 8 aliphatic rings. The standard InChI is InChI=1S/C11H17ClFN2O13P3.C11H18FN6O12P3.C11H20FN4O12P3.C11H19FN3O13P3/c1-6-14-7(16)3-4-15(6)9-10(2,12)8(17)11(13,26-9)5-25-30(21,22)28-31(23,24)27-29(18,19)20;1-6-15-7(13)3-4-18(6)9-10(2,16-17-14)8(19)11(12,28-9)5-27-32(23,24)30-33(25,26)29-31(20,21)22;1-6-15-7(13)3-4-16(6)9-10(2,14)8(17)11(12,26-9)5-25-30(21,22)28-31(23,24)27-29(18,19)20;1-6-14-7(13)3-4-15(6)9-10(2,17)8(16)11(12,26-9)5-25-30(21,22)28-31(23,24)27-29(18,19)20/h3-4,8-9,17H,1,5H2,2H3,(H,14,16)(H,21,22)(H,23,24)(H2,18,19,20);3-4,8-9,19H,1,5H2,2H3,(H2,13,15)(H,23,24)(H,25,26)(H2,20,21,22);3-4,8-9,17H,1,5,14H2,2H3,(H2,13,15)(H,21,22)(H,23,24)(H2,18,19,20);3-4,8-9,16-17H,1,5H2,2H3,(H2,13,14)(H,21,22)(H,23,24)(H2,18,19,20)/t4*8-,9+,10+,11+/m0000/s1. The number of phosphoric ester groups is 4. The van der Waals surface area contributed by atoms with E-state index in [1.54, 1.807) is 0 Å². The van der Waals surface area contributed by atoms with Crippen LogP contribution in [-0.4, -0.2) is 268 Å². The molecular formula is C44H74ClF4N15O50P12. The maximum absolute atomic E-state index is 15.5. The molecule has 0 aromatic heterocycles. The summed E-state index contributed by atoms with van der Waals surface area (Å²) in [7, 11) is -68.7. The second-order valence-electron chi connectivity index (χ2n) is 25.9. The number of azide groups is 1. The fourth-order valence-electron chi connectivity index (χ4n) is 10.5. The zero-order valence-corrected chi connectivity index (χ0v) is 74.2. The molecule has 0 saturated carbocycles. The molecule has 0 aliphatic carbocycles. The molecule has 8 aliphatic heterocycles. The number of aliphatic hydroxyl groups is 5. The molecule has 0 aromatic carbocycles. The molecule has 1 amide bonds. The smallest absolute Gasteiger partial charge is 0.386 e. The normalized spacial score (nSPS) is 35.1. The van der Waals surface area contributed by atoms with Crippen molar-refractivity contribution < 1.29 is 252 Å². The summed E-state index contributed by atoms with van der Waals surface area (Å²) in [5.74, 6) is -14.2. The van der Waals surface area contributed by atoms with Crippen molar-refractivity contribution in [1.29, 1.82) is 0 Å². The highest BCUT2D eigenvalue weighted by Crippen LogP contribution is 2.71. The topological polar surface area (TPSA) is 1010 Å². The largest absolute Gasteiger partial charge is 0.490 e. The maximum atomic E-state index is 15.5. The van der Waals surface area contributed by atoms with Gasteiger partial charge in [-0.2, -0.15) is 34.5 Å². The van der Waals surface area contributed by atoms with Gasteiger partial charge >= 0.3 is 93.9 Å². The first-order valence-electron chi connectivity index (χ1n) is 31.7. The predicted octanol–water partition coefficient (Wildman–Crippen LogP) is -1.22. The molecule has 0 bridgehead atoms. The Morgan fingerprint density at radius 2 is 0.722 bits per heavy atom. The molecule has 8 rings (SSSR count). The van der Waals surface area contributed by atoms with Gasteiger partial charge in [-0.1, -0.05) is 31.4 Å². The summed E-state index contributed by atoms with van der Waals surface area (Å²) < 4.78 is 261. The first kappa shape index (κ1) is 112. The number of ether oxygens (including phenoxy) is 4. The van der Waals surface area contributed by atoms with Crippen molar-refractivity contribution in [3.8, 4) is 0 Å². The summed E-state index contributed by atoms with van der Waals surface area (Å²) in [6.07, 6.45) is -5.98. The lowest BCUT2D eigenvalue weighted by atomic mass is 9.91. The SMILES string of the molecule is C=C1N=C(N)C=CN1[C@@H]1O[C@](F)(COP(=O)(O)OP(=O)(O)OP(=O)(O)O)[C@@H](O)[C@@]1(C)N.C=C1N=C(N)C=CN1[C@@H]1O[C@](F)(COP(=O)(O)OP(=O)(O)OP(=O)(O)O)[C@@H](O)[C@@]1(C)N=[N+]=[N-].C=C1N=C(N)C=CN1[C@@H]1O[C@](F)(COP(=O)(O)OP(=O)(O)OP(=O)(O)O)[C@@H](O)[C@@]1(C)O.C=C1NC(=O)C=CN1[C@@H]1O[C@](F)(COP(=O)(O)OP(=O)(O)OP(=O)(O)O)[C@@H](O)[C@@]1(C)Cl. The van der Waals surface area contributed by atoms with E-state index in [1.165, 1.54) is 43.8 Å². The fraction of sp³-hybridized carbons (Fsp3) is 0.545. The third-order valence-electron chi connectivity index (χ3n) is 15.6. The molecule has 0 spiro atoms. The average molecular weight is 2100 g/mol. The fourth-order valence-corrected chi connectivity index (χ4v) is 22.9. The lowest BCUT2D eigenvalue weighted by Crippen LogP contribution is -2.59. The first-order valence-corrected chi connectivity index (χ1v) is 50.2. The maximum Gasteiger partial charge on any atom is 0.490 e. The molecule has 30 N–H and O–H groups in total. The molecule has 82 heteroatoms. The van der Waals surface area contributed by atoms with Crippen LogP contribution in [0.15, 0.2) is 119 Å². The van der Waals surface area contributed by atoms with E-state index in [0.29, 0.717) is 0 Å². The van der Waals surface area contributed by atoms with Crippen molar-refractivity contribution in [2.24, 2.45) is 43.0 Å². The van der Waals surface area contributed by atoms with Crippen LogP contribution < -0.4 is 28.3 Å². The number of nitrogens with two attached hydrogens (primary N) is 4. The Morgan fingerprint density at radius 1 is 0.452 bits per heavy atom. The van der Waals surface area contributed by atoms with Gasteiger partial charge in [0, 0.05) is 35.8 Å². The van der Waals surface area contributed by atoms with E-state index in [1.807, 2.05) is 0 Å². The van der Waals surface area contributed by atoms with Crippen LogP contribution in [0, 0.1) is 0 Å². The number of hydrogen-bond acceptors (Lipinski definition) is 46. The average Bonchev–Trinajstić information content (AvgIpc) is 1.61. The van der Waals surface area contributed by atoms with E-state index >= 15 is 17.6 Å². The summed E-state index contributed by atoms with van der Waals surface area (Å²) in [6, 6.07) is 0. The highest BCUT2D eigenvalue weighted by molar-refractivity contribution is 7.68. The van der Waals surface area contributed by atoms with Crippen LogP contribution in [0.4, 0.5) is 17.6 Å². The highest BCUT2D eigenvalue weighted by atomic mass is 35.5. The number of nitrogens with zero attached hydrogens (tertiary/aromatic N) is 10. The molecular weight excluding hydrogens is 2020 g/mol. The third kappa shape index (κ3) is 30.3. The van der Waals surface area contributed by atoms with Crippen molar-refractivity contribution in [1.82, 2.24) is 24.9 Å². The predicted molar refractivity (Wildman–Crippen MR) is 397 cm³/mol. The van der Waals surface area contributed by atoms with Gasteiger partial charge in [0.2, 0.25) is 0 Å². The molecule has 0 aromatic rings. The number of alkyl halides is 5. The monoisotopic (exact) mass is 2100 g/mol. The molecule has 65 nitrogen and oxygen atoms in total. The lowest BCUT2D eigenvalue weighted by Gasteiger charge is -2.36. The van der Waals surface area contributed by atoms with Gasteiger partial charge in [0.1, 0.15) is 108 Å². The van der Waals surface area contributed by atoms with Gasteiger partial charge in [-0.15, -0.1) is 11.6 Å². The minimum atomic E-state index is -5.87. The van der Waals surface area contributed by atoms with Gasteiger partial charge in [0.25, 0.3) is 29.3 Å². The van der Waals surface area contributed by atoms with Crippen molar-refractivity contribution in [3.63, 3.8) is 0 Å². The van der Waals surface area contributed by atoms with Gasteiger partial charge < -0.3 is 171 Å². The van der Waals surface area contributed by atoms with Crippen LogP contribution in [0.2, 0.25) is 0 Å². The minimum Gasteiger partial charge on any atom is -0.386 e. The number of hydrogen-bond donors (Lipinski definition) is 26. The number of aliphatic hydroxyl groups excluding tert-OH is 4. The van der Waals surface area contributed by atoms with Crippen molar-refractivity contribution >= 4 is 129 Å². The van der Waals surface area contributed by atoms with Crippen LogP contribution in [0.1, 0.15) is 27.7 Å². The Bertz CT molecular complexity index is 5000. The Hall–Kier alpha value is -4.44. The molecule has 4 fully saturated rings. The molecule has 24 atom stereocenters. The summed E-state index contributed by atoms with van der Waals surface area (Å²) in [6.45, 7) is 12.0. The third-order valence-corrected chi connectivity index (χ3v) is 31.1. The van der Waals surface area contributed by atoms with E-state index in [-0.39, 0.29) is 40.8 Å². The van der Waals surface area contributed by atoms with Crippen molar-refractivity contribution in [2.45, 2.75) is 122 Å². The minimum absolute atomic E-state index is 0.0134. The van der Waals surface area contributed by atoms with E-state index in [4.69, 9.17) is 118 Å². The quantitative estimate of drug-likeness (QED) is 0.00914. The number of phosphoric acid groups is 12. The van der Waals surface area contributed by atoms with Gasteiger partial charge in [0.05, 0.1) is 5.54 Å². The van der Waals surface area contributed by atoms with E-state index in [9.17, 15) is 105 Å². The Labute approximate surface area is 704 Å². The van der Waals surface area contributed by atoms with E-state index < -0.39 is 221 Å². The number of halogens is 5. The van der Waals surface area contributed by atoms with Crippen LogP contribution in [0.25, 0.3) is 10.4 Å². The Kier molecular flexibility index (Phi) is 34.9. The number of carbonyl (C=O) groups excluding carboxylic acids is 1. The summed E-state index contributed by atoms with van der Waals surface area (Å²) in [5, 5.41) is 57.4. The van der Waals surface area contributed by atoms with Crippen LogP contribution in [0.3, 0.4) is 0 Å². The molecule has 126 heavy (non-hydrogen) atoms. The number of amides is 1. The molecule has 720 valence electrons. The van der Waals surface area contributed by atoms with Crippen LogP contribution in [0.5, 0.6) is 0 Å². The molecule has 8 unspecified atom stereocenters. The van der Waals surface area contributed by atoms with Crippen LogP contribution >= 0.6 is 105 Å². The Morgan fingerprint density at radius 3 is 1.03 bits per heavy atom. The van der Waals surface area contributed by atoms with Gasteiger partial charge in [-0.25, -0.2) is 87.3 Å². The number of carbonyl (C=O) groups is 1. The zero-order valence-electron chi connectivity index (χ0n) is 62.7. The zero-order chi connectivity index (χ0) is 97.6. The summed E-state index contributed by atoms with van der Waals surface area (Å²) in [4.78, 5) is 170. The van der Waals surface area contributed by atoms with Gasteiger partial charge in [-0.05, 0) is 51.5 Å². The summed E-state index contributed by atoms with van der Waals surface area (Å²) >= 11 is 6.18. The number of aliphatic imine (C=N–C) groups is 3. The van der Waals surface area contributed by atoms with E-state index in [2.05, 4.69) is 109 Å². The Balaban J connectivity index is 0.000000298. The lowest BCUT2D eigenvalue weighted by molar-refractivity contribution is -0.207. The number of amidine groups is 3. The van der Waals surface area contributed by atoms with Crippen molar-refractivity contribution in [3.05, 3.63) is 109 Å². The first-order chi connectivity index (χ1) is 56.2. The molecule has 8 heterocycles. The second kappa shape index (κ2) is 39.2. The number of nitrogens with one attached hydrogen (secondary N) is 1. The van der Waals surface area contributed by atoms with E-state index in [0.717, 1.165) is 52.6 Å². The molecule has 4 saturated heterocycles. The van der Waals surface area contributed by atoms with Crippen LogP contribution in [-0.2, 0) is 131 Å². The van der Waals surface area contributed by atoms with Gasteiger partial charge in [-0.3, -0.25) is 22.9 Å². The summed E-state index contributed by atoms with van der Waals surface area (Å²) in [5.41, 5.74) is 24.9. The van der Waals surface area contributed by atoms with Crippen molar-refractivity contribution in [2.75, 3.05) is 26.4 Å². The second-order valence-corrected chi connectivity index (χ2v) is 44.4. The molecule has 0 radical (unpaired) electrons. The van der Waals surface area contributed by atoms with Gasteiger partial charge in [0.15, 0.2) is 24.9 Å².